The highest BCUT2D eigenvalue weighted by atomic mass is 127. The predicted octanol–water partition coefficient (Wildman–Crippen LogP) is 3.07. The molecule has 0 aliphatic carbocycles. The summed E-state index contributed by atoms with van der Waals surface area (Å²) in [5.41, 5.74) is -0.460. The minimum atomic E-state index is -0.460. The lowest BCUT2D eigenvalue weighted by molar-refractivity contribution is -0.0141. The first-order valence-electron chi connectivity index (χ1n) is 6.59. The van der Waals surface area contributed by atoms with Crippen LogP contribution in [0.4, 0.5) is 4.79 Å². The molecule has 1 aliphatic rings. The van der Waals surface area contributed by atoms with Crippen LogP contribution in [-0.2, 0) is 4.74 Å². The summed E-state index contributed by atoms with van der Waals surface area (Å²) in [5.74, 6) is 0.724. The van der Waals surface area contributed by atoms with Crippen molar-refractivity contribution in [1.29, 1.82) is 0 Å². The van der Waals surface area contributed by atoms with E-state index in [4.69, 9.17) is 9.47 Å². The quantitative estimate of drug-likeness (QED) is 0.588. The number of ether oxygens (including phenoxy) is 2. The standard InChI is InChI=1S/C14H19IN2O3/c1-14(2,3)20-13(18)17-7-6-10(17)9-19-11-4-5-12(15)16-8-11/h4-5,8,10H,6-7,9H2,1-3H3/t10-/m0/s1. The third-order valence-electron chi connectivity index (χ3n) is 2.91. The lowest BCUT2D eigenvalue weighted by atomic mass is 10.1. The van der Waals surface area contributed by atoms with Gasteiger partial charge < -0.3 is 14.4 Å². The maximum absolute atomic E-state index is 11.9. The molecule has 0 spiro atoms. The van der Waals surface area contributed by atoms with E-state index in [9.17, 15) is 4.79 Å². The summed E-state index contributed by atoms with van der Waals surface area (Å²) in [4.78, 5) is 17.8. The molecule has 1 amide bonds. The molecule has 0 saturated carbocycles. The van der Waals surface area contributed by atoms with E-state index < -0.39 is 5.60 Å². The van der Waals surface area contributed by atoms with E-state index in [2.05, 4.69) is 27.6 Å². The normalized spacial score (nSPS) is 18.4. The van der Waals surface area contributed by atoms with E-state index in [-0.39, 0.29) is 12.1 Å². The Morgan fingerprint density at radius 2 is 2.25 bits per heavy atom. The van der Waals surface area contributed by atoms with Gasteiger partial charge in [-0.25, -0.2) is 9.78 Å². The third kappa shape index (κ3) is 4.22. The van der Waals surface area contributed by atoms with E-state index in [0.29, 0.717) is 6.61 Å². The Bertz CT molecular complexity index is 470. The van der Waals surface area contributed by atoms with Crippen LogP contribution in [0.2, 0.25) is 0 Å². The van der Waals surface area contributed by atoms with Crippen LogP contribution in [0.5, 0.6) is 5.75 Å². The molecular formula is C14H19IN2O3. The lowest BCUT2D eigenvalue weighted by Crippen LogP contribution is -2.55. The average molecular weight is 390 g/mol. The fraction of sp³-hybridized carbons (Fsp3) is 0.571. The van der Waals surface area contributed by atoms with Gasteiger partial charge in [-0.3, -0.25) is 0 Å². The number of halogens is 1. The third-order valence-corrected chi connectivity index (χ3v) is 3.55. The van der Waals surface area contributed by atoms with Gasteiger partial charge in [0.15, 0.2) is 0 Å². The fourth-order valence-electron chi connectivity index (χ4n) is 1.82. The zero-order valence-corrected chi connectivity index (χ0v) is 14.1. The van der Waals surface area contributed by atoms with Gasteiger partial charge in [0.05, 0.1) is 12.2 Å². The molecule has 1 aromatic rings. The van der Waals surface area contributed by atoms with Crippen molar-refractivity contribution in [2.24, 2.45) is 0 Å². The number of pyridine rings is 1. The van der Waals surface area contributed by atoms with Crippen LogP contribution in [0.1, 0.15) is 27.2 Å². The predicted molar refractivity (Wildman–Crippen MR) is 83.8 cm³/mol. The summed E-state index contributed by atoms with van der Waals surface area (Å²) in [6, 6.07) is 3.86. The van der Waals surface area contributed by atoms with Gasteiger partial charge in [0, 0.05) is 6.54 Å². The molecule has 5 nitrogen and oxygen atoms in total. The number of carbonyl (C=O) groups is 1. The van der Waals surface area contributed by atoms with Gasteiger partial charge in [0.25, 0.3) is 0 Å². The monoisotopic (exact) mass is 390 g/mol. The summed E-state index contributed by atoms with van der Waals surface area (Å²) < 4.78 is 11.9. The molecule has 0 aromatic carbocycles. The first-order chi connectivity index (χ1) is 9.35. The second-order valence-electron chi connectivity index (χ2n) is 5.74. The molecule has 2 heterocycles. The Morgan fingerprint density at radius 1 is 1.50 bits per heavy atom. The molecule has 1 aromatic heterocycles. The van der Waals surface area contributed by atoms with Gasteiger partial charge in [-0.2, -0.15) is 0 Å². The van der Waals surface area contributed by atoms with Gasteiger partial charge in [0.2, 0.25) is 0 Å². The van der Waals surface area contributed by atoms with Crippen molar-refractivity contribution in [3.05, 3.63) is 22.0 Å². The van der Waals surface area contributed by atoms with Crippen molar-refractivity contribution < 1.29 is 14.3 Å². The van der Waals surface area contributed by atoms with Gasteiger partial charge in [-0.15, -0.1) is 0 Å². The summed E-state index contributed by atoms with van der Waals surface area (Å²) in [7, 11) is 0. The van der Waals surface area contributed by atoms with E-state index >= 15 is 0 Å². The molecule has 1 atom stereocenters. The molecule has 1 fully saturated rings. The summed E-state index contributed by atoms with van der Waals surface area (Å²) >= 11 is 2.14. The number of amides is 1. The first kappa shape index (κ1) is 15.3. The highest BCUT2D eigenvalue weighted by Gasteiger charge is 2.35. The molecule has 1 saturated heterocycles. The molecule has 1 aliphatic heterocycles. The first-order valence-corrected chi connectivity index (χ1v) is 7.67. The van der Waals surface area contributed by atoms with Gasteiger partial charge >= 0.3 is 6.09 Å². The highest BCUT2D eigenvalue weighted by molar-refractivity contribution is 14.1. The van der Waals surface area contributed by atoms with Crippen LogP contribution in [0.15, 0.2) is 18.3 Å². The maximum Gasteiger partial charge on any atom is 0.410 e. The zero-order chi connectivity index (χ0) is 14.8. The van der Waals surface area contributed by atoms with E-state index in [1.807, 2.05) is 32.9 Å². The smallest absolute Gasteiger partial charge is 0.410 e. The molecular weight excluding hydrogens is 371 g/mol. The van der Waals surface area contributed by atoms with Crippen LogP contribution in [0.25, 0.3) is 0 Å². The average Bonchev–Trinajstić information content (AvgIpc) is 2.27. The topological polar surface area (TPSA) is 51.7 Å². The molecule has 0 radical (unpaired) electrons. The van der Waals surface area contributed by atoms with Crippen molar-refractivity contribution >= 4 is 28.7 Å². The zero-order valence-electron chi connectivity index (χ0n) is 11.9. The number of likely N-dealkylation sites (tertiary alicyclic amines) is 1. The van der Waals surface area contributed by atoms with Gasteiger partial charge in [0.1, 0.15) is 21.7 Å². The summed E-state index contributed by atoms with van der Waals surface area (Å²) in [6.07, 6.45) is 2.37. The second-order valence-corrected chi connectivity index (χ2v) is 6.85. The highest BCUT2D eigenvalue weighted by Crippen LogP contribution is 2.22. The Balaban J connectivity index is 1.82. The van der Waals surface area contributed by atoms with Crippen LogP contribution >= 0.6 is 22.6 Å². The fourth-order valence-corrected chi connectivity index (χ4v) is 2.13. The van der Waals surface area contributed by atoms with Crippen molar-refractivity contribution in [3.8, 4) is 5.75 Å². The largest absolute Gasteiger partial charge is 0.490 e. The van der Waals surface area contributed by atoms with E-state index in [1.54, 1.807) is 11.1 Å². The molecule has 0 N–H and O–H groups in total. The van der Waals surface area contributed by atoms with E-state index in [1.165, 1.54) is 0 Å². The van der Waals surface area contributed by atoms with Crippen molar-refractivity contribution in [2.75, 3.05) is 13.2 Å². The van der Waals surface area contributed by atoms with Crippen molar-refractivity contribution in [3.63, 3.8) is 0 Å². The number of hydrogen-bond donors (Lipinski definition) is 0. The lowest BCUT2D eigenvalue weighted by Gasteiger charge is -2.40. The number of nitrogens with zero attached hydrogens (tertiary/aromatic N) is 2. The van der Waals surface area contributed by atoms with Gasteiger partial charge in [-0.05, 0) is 61.9 Å². The molecule has 0 unspecified atom stereocenters. The van der Waals surface area contributed by atoms with E-state index in [0.717, 1.165) is 22.4 Å². The number of hydrogen-bond acceptors (Lipinski definition) is 4. The molecule has 110 valence electrons. The van der Waals surface area contributed by atoms with Gasteiger partial charge in [-0.1, -0.05) is 0 Å². The Morgan fingerprint density at radius 3 is 2.75 bits per heavy atom. The molecule has 20 heavy (non-hydrogen) atoms. The van der Waals surface area contributed by atoms with Crippen LogP contribution in [0, 0.1) is 3.70 Å². The molecule has 2 rings (SSSR count). The van der Waals surface area contributed by atoms with Crippen LogP contribution in [0.3, 0.4) is 0 Å². The maximum atomic E-state index is 11.9. The van der Waals surface area contributed by atoms with Crippen molar-refractivity contribution in [2.45, 2.75) is 38.8 Å². The Hall–Kier alpha value is -1.05. The minimum Gasteiger partial charge on any atom is -0.490 e. The van der Waals surface area contributed by atoms with Crippen LogP contribution < -0.4 is 4.74 Å². The minimum absolute atomic E-state index is 0.0872. The Kier molecular flexibility index (Phi) is 4.72. The number of rotatable bonds is 3. The van der Waals surface area contributed by atoms with Crippen LogP contribution in [-0.4, -0.2) is 40.8 Å². The second kappa shape index (κ2) is 6.15. The van der Waals surface area contributed by atoms with Crippen molar-refractivity contribution in [1.82, 2.24) is 9.88 Å². The summed E-state index contributed by atoms with van der Waals surface area (Å²) in [5, 5.41) is 0. The summed E-state index contributed by atoms with van der Waals surface area (Å²) in [6.45, 7) is 6.81. The number of carbonyl (C=O) groups excluding carboxylic acids is 1. The molecule has 0 bridgehead atoms. The SMILES string of the molecule is CC(C)(C)OC(=O)N1CC[C@H]1COc1ccc(I)nc1. The molecule has 6 heteroatoms. The number of aromatic nitrogens is 1. The Labute approximate surface area is 132 Å².